The monoisotopic (exact) mass is 442 g/mol. The van der Waals surface area contributed by atoms with Gasteiger partial charge in [0.25, 0.3) is 0 Å². The molecule has 0 aliphatic rings. The van der Waals surface area contributed by atoms with E-state index in [0.717, 1.165) is 9.79 Å². The molecule has 0 aliphatic heterocycles. The van der Waals surface area contributed by atoms with Gasteiger partial charge in [0.2, 0.25) is 17.8 Å². The topological polar surface area (TPSA) is 109 Å². The van der Waals surface area contributed by atoms with Crippen LogP contribution in [-0.2, 0) is 14.3 Å². The number of rotatable bonds is 6. The van der Waals surface area contributed by atoms with Crippen LogP contribution in [0.4, 0.5) is 16.2 Å². The fourth-order valence-electron chi connectivity index (χ4n) is 2.36. The quantitative estimate of drug-likeness (QED) is 0.453. The van der Waals surface area contributed by atoms with Crippen molar-refractivity contribution >= 4 is 47.0 Å². The molecule has 31 heavy (non-hydrogen) atoms. The predicted molar refractivity (Wildman–Crippen MR) is 122 cm³/mol. The van der Waals surface area contributed by atoms with Gasteiger partial charge >= 0.3 is 6.09 Å². The summed E-state index contributed by atoms with van der Waals surface area (Å²) in [5.74, 6) is -0.698. The Labute approximate surface area is 185 Å². The number of alkyl carbamates (subject to hydrolysis) is 1. The van der Waals surface area contributed by atoms with Gasteiger partial charge in [0.05, 0.1) is 17.5 Å². The maximum atomic E-state index is 12.1. The molecule has 8 nitrogen and oxygen atoms in total. The van der Waals surface area contributed by atoms with Gasteiger partial charge in [-0.2, -0.15) is 0 Å². The minimum atomic E-state index is -0.749. The molecule has 3 N–H and O–H groups in total. The number of carbonyl (C=O) groups is 3. The van der Waals surface area contributed by atoms with Gasteiger partial charge in [0.15, 0.2) is 0 Å². The third-order valence-electron chi connectivity index (χ3n) is 3.63. The molecule has 0 atom stereocenters. The molecule has 0 spiro atoms. The standard InChI is InChI=1S/C22H26N4O4S/c1-5-20(28)25-21(26-22(29)30-14(2)3)24-19-13-17(11-12-18(19)23-15(4)27)31-16-9-7-6-8-10-16/h6-14H,5H2,1-4H3,(H,23,27)(H2,24,25,26,28,29). The van der Waals surface area contributed by atoms with E-state index in [2.05, 4.69) is 20.9 Å². The van der Waals surface area contributed by atoms with Crippen molar-refractivity contribution in [2.24, 2.45) is 4.99 Å². The lowest BCUT2D eigenvalue weighted by molar-refractivity contribution is -0.119. The Balaban J connectivity index is 2.42. The molecular formula is C22H26N4O4S. The number of nitrogens with zero attached hydrogens (tertiary/aromatic N) is 1. The SMILES string of the molecule is CCC(=O)NC(=Nc1cc(Sc2ccccc2)ccc1NC(C)=O)NC(=O)OC(C)C. The summed E-state index contributed by atoms with van der Waals surface area (Å²) in [6.45, 7) is 6.48. The molecule has 2 aromatic rings. The summed E-state index contributed by atoms with van der Waals surface area (Å²) in [6, 6.07) is 15.1. The Morgan fingerprint density at radius 2 is 1.74 bits per heavy atom. The largest absolute Gasteiger partial charge is 0.447 e. The van der Waals surface area contributed by atoms with Crippen molar-refractivity contribution in [1.29, 1.82) is 0 Å². The first-order valence-corrected chi connectivity index (χ1v) is 10.6. The Hall–Kier alpha value is -3.33. The second-order valence-electron chi connectivity index (χ2n) is 6.72. The van der Waals surface area contributed by atoms with E-state index in [1.165, 1.54) is 18.7 Å². The van der Waals surface area contributed by atoms with Crippen molar-refractivity contribution in [3.63, 3.8) is 0 Å². The van der Waals surface area contributed by atoms with Gasteiger partial charge in [-0.25, -0.2) is 9.79 Å². The van der Waals surface area contributed by atoms with Crippen LogP contribution >= 0.6 is 11.8 Å². The summed E-state index contributed by atoms with van der Waals surface area (Å²) in [6.07, 6.45) is -0.896. The number of amides is 3. The molecule has 0 aliphatic carbocycles. The van der Waals surface area contributed by atoms with Crippen LogP contribution in [0.3, 0.4) is 0 Å². The van der Waals surface area contributed by atoms with E-state index < -0.39 is 6.09 Å². The highest BCUT2D eigenvalue weighted by molar-refractivity contribution is 7.99. The van der Waals surface area contributed by atoms with E-state index in [4.69, 9.17) is 4.74 Å². The Morgan fingerprint density at radius 1 is 1.03 bits per heavy atom. The second-order valence-corrected chi connectivity index (χ2v) is 7.86. The van der Waals surface area contributed by atoms with E-state index in [0.29, 0.717) is 11.4 Å². The van der Waals surface area contributed by atoms with Crippen molar-refractivity contribution in [1.82, 2.24) is 10.6 Å². The molecule has 0 fully saturated rings. The summed E-state index contributed by atoms with van der Waals surface area (Å²) < 4.78 is 5.08. The lowest BCUT2D eigenvalue weighted by Crippen LogP contribution is -2.44. The minimum Gasteiger partial charge on any atom is -0.447 e. The molecule has 3 amide bonds. The fourth-order valence-corrected chi connectivity index (χ4v) is 3.23. The van der Waals surface area contributed by atoms with E-state index in [-0.39, 0.29) is 30.3 Å². The number of nitrogens with one attached hydrogen (secondary N) is 3. The normalized spacial score (nSPS) is 11.1. The van der Waals surface area contributed by atoms with Crippen LogP contribution < -0.4 is 16.0 Å². The molecule has 164 valence electrons. The van der Waals surface area contributed by atoms with Gasteiger partial charge in [-0.15, -0.1) is 0 Å². The third kappa shape index (κ3) is 8.51. The van der Waals surface area contributed by atoms with Gasteiger partial charge in [-0.05, 0) is 44.2 Å². The lowest BCUT2D eigenvalue weighted by atomic mass is 10.2. The van der Waals surface area contributed by atoms with Crippen molar-refractivity contribution in [2.45, 2.75) is 50.0 Å². The molecule has 0 radical (unpaired) electrons. The summed E-state index contributed by atoms with van der Waals surface area (Å²) >= 11 is 1.52. The van der Waals surface area contributed by atoms with E-state index in [1.807, 2.05) is 36.4 Å². The maximum absolute atomic E-state index is 12.1. The van der Waals surface area contributed by atoms with Gasteiger partial charge < -0.3 is 10.1 Å². The zero-order chi connectivity index (χ0) is 22.8. The molecule has 0 saturated carbocycles. The molecular weight excluding hydrogens is 416 g/mol. The van der Waals surface area contributed by atoms with Crippen molar-refractivity contribution in [3.8, 4) is 0 Å². The number of anilines is 1. The average Bonchev–Trinajstić information content (AvgIpc) is 2.69. The Bertz CT molecular complexity index is 961. The number of guanidine groups is 1. The Morgan fingerprint density at radius 3 is 2.35 bits per heavy atom. The van der Waals surface area contributed by atoms with E-state index >= 15 is 0 Å². The first kappa shape index (κ1) is 23.9. The smallest absolute Gasteiger partial charge is 0.414 e. The van der Waals surface area contributed by atoms with E-state index in [1.54, 1.807) is 32.9 Å². The lowest BCUT2D eigenvalue weighted by Gasteiger charge is -2.14. The highest BCUT2D eigenvalue weighted by atomic mass is 32.2. The molecule has 0 saturated heterocycles. The first-order chi connectivity index (χ1) is 14.8. The van der Waals surface area contributed by atoms with Crippen LogP contribution in [0.25, 0.3) is 0 Å². The second kappa shape index (κ2) is 11.8. The number of carbonyl (C=O) groups excluding carboxylic acids is 3. The van der Waals surface area contributed by atoms with Crippen LogP contribution in [0.5, 0.6) is 0 Å². The first-order valence-electron chi connectivity index (χ1n) is 9.77. The third-order valence-corrected chi connectivity index (χ3v) is 4.63. The zero-order valence-corrected chi connectivity index (χ0v) is 18.7. The fraction of sp³-hybridized carbons (Fsp3) is 0.273. The minimum absolute atomic E-state index is 0.0917. The average molecular weight is 443 g/mol. The van der Waals surface area contributed by atoms with Gasteiger partial charge in [0, 0.05) is 23.1 Å². The predicted octanol–water partition coefficient (Wildman–Crippen LogP) is 4.44. The Kier molecular flexibility index (Phi) is 9.08. The number of aliphatic imine (C=N–C) groups is 1. The van der Waals surface area contributed by atoms with Crippen molar-refractivity contribution in [2.75, 3.05) is 5.32 Å². The summed E-state index contributed by atoms with van der Waals surface area (Å²) in [7, 11) is 0. The van der Waals surface area contributed by atoms with Crippen molar-refractivity contribution < 1.29 is 19.1 Å². The number of hydrogen-bond donors (Lipinski definition) is 3. The molecule has 0 unspecified atom stereocenters. The number of benzene rings is 2. The molecule has 2 rings (SSSR count). The molecule has 9 heteroatoms. The molecule has 0 aromatic heterocycles. The van der Waals surface area contributed by atoms with Crippen molar-refractivity contribution in [3.05, 3.63) is 48.5 Å². The van der Waals surface area contributed by atoms with Gasteiger partial charge in [0.1, 0.15) is 0 Å². The van der Waals surface area contributed by atoms with Crippen LogP contribution in [0.15, 0.2) is 63.3 Å². The van der Waals surface area contributed by atoms with Crippen LogP contribution in [-0.4, -0.2) is 30.0 Å². The highest BCUT2D eigenvalue weighted by Crippen LogP contribution is 2.34. The van der Waals surface area contributed by atoms with Gasteiger partial charge in [-0.1, -0.05) is 36.9 Å². The number of hydrogen-bond acceptors (Lipinski definition) is 6. The molecule has 0 heterocycles. The zero-order valence-electron chi connectivity index (χ0n) is 17.9. The maximum Gasteiger partial charge on any atom is 0.414 e. The highest BCUT2D eigenvalue weighted by Gasteiger charge is 2.14. The molecule has 2 aromatic carbocycles. The van der Waals surface area contributed by atoms with Crippen LogP contribution in [0.2, 0.25) is 0 Å². The molecule has 0 bridgehead atoms. The summed E-state index contributed by atoms with van der Waals surface area (Å²) in [4.78, 5) is 41.9. The van der Waals surface area contributed by atoms with E-state index in [9.17, 15) is 14.4 Å². The number of ether oxygens (including phenoxy) is 1. The van der Waals surface area contributed by atoms with Crippen LogP contribution in [0, 0.1) is 0 Å². The summed E-state index contributed by atoms with van der Waals surface area (Å²) in [5, 5.41) is 7.71. The summed E-state index contributed by atoms with van der Waals surface area (Å²) in [5.41, 5.74) is 0.805. The van der Waals surface area contributed by atoms with Gasteiger partial charge in [-0.3, -0.25) is 20.2 Å². The van der Waals surface area contributed by atoms with Crippen LogP contribution in [0.1, 0.15) is 34.1 Å².